The lowest BCUT2D eigenvalue weighted by atomic mass is 11.3. The van der Waals surface area contributed by atoms with Crippen LogP contribution in [0, 0.1) is 0 Å². The Labute approximate surface area is 55.6 Å². The molecule has 0 spiro atoms. The van der Waals surface area contributed by atoms with Crippen LogP contribution in [0.4, 0.5) is 0 Å². The van der Waals surface area contributed by atoms with Crippen molar-refractivity contribution in [2.45, 2.75) is 0 Å². The van der Waals surface area contributed by atoms with E-state index in [2.05, 4.69) is 35.2 Å². The molecule has 0 aliphatic heterocycles. The highest BCUT2D eigenvalue weighted by molar-refractivity contribution is 9.48. The highest BCUT2D eigenvalue weighted by Crippen LogP contribution is 2.02. The van der Waals surface area contributed by atoms with E-state index in [0.717, 1.165) is 0 Å². The molecule has 0 aromatic carbocycles. The van der Waals surface area contributed by atoms with Crippen molar-refractivity contribution < 1.29 is 0 Å². The molecule has 0 heterocycles. The first-order valence-electron chi connectivity index (χ1n) is 1.59. The predicted octanol–water partition coefficient (Wildman–Crippen LogP) is 1.05. The van der Waals surface area contributed by atoms with E-state index in [1.54, 1.807) is 0 Å². The molecule has 0 N–H and O–H groups in total. The molecule has 0 radical (unpaired) electrons. The summed E-state index contributed by atoms with van der Waals surface area (Å²) in [7, 11) is 4.08. The Morgan fingerprint density at radius 1 is 1.33 bits per heavy atom. The maximum Gasteiger partial charge on any atom is 0.257 e. The van der Waals surface area contributed by atoms with Gasteiger partial charge in [-0.25, -0.2) is 0 Å². The fourth-order valence-corrected chi connectivity index (χ4v) is 0. The molecule has 0 aromatic heterocycles. The standard InChI is InChI=1S/C2H7Br2NSi/c1-5(2)6(3)4/h6H,1-2H3. The monoisotopic (exact) mass is 231 g/mol. The van der Waals surface area contributed by atoms with E-state index in [1.807, 2.05) is 14.1 Å². The van der Waals surface area contributed by atoms with Gasteiger partial charge in [-0.1, -0.05) is 30.6 Å². The molecule has 0 fully saturated rings. The first-order valence-corrected chi connectivity index (χ1v) is 8.47. The van der Waals surface area contributed by atoms with E-state index in [-0.39, 0.29) is 0 Å². The fourth-order valence-electron chi connectivity index (χ4n) is 0. The van der Waals surface area contributed by atoms with Crippen LogP contribution in [-0.4, -0.2) is 24.9 Å². The maximum atomic E-state index is 3.42. The molecule has 0 aliphatic rings. The van der Waals surface area contributed by atoms with Crippen LogP contribution in [0.15, 0.2) is 0 Å². The average molecular weight is 233 g/mol. The summed E-state index contributed by atoms with van der Waals surface area (Å²) in [6, 6.07) is 0. The molecule has 0 bridgehead atoms. The third-order valence-electron chi connectivity index (χ3n) is 0.390. The summed E-state index contributed by atoms with van der Waals surface area (Å²) in [5.74, 6) is 0. The van der Waals surface area contributed by atoms with Gasteiger partial charge < -0.3 is 4.57 Å². The summed E-state index contributed by atoms with van der Waals surface area (Å²) in [4.78, 5) is 0. The second-order valence-electron chi connectivity index (χ2n) is 1.24. The molecule has 6 heavy (non-hydrogen) atoms. The zero-order valence-corrected chi connectivity index (χ0v) is 8.11. The van der Waals surface area contributed by atoms with Crippen molar-refractivity contribution in [2.75, 3.05) is 14.1 Å². The Bertz CT molecular complexity index is 32.5. The maximum absolute atomic E-state index is 3.42. The van der Waals surface area contributed by atoms with E-state index in [1.165, 1.54) is 0 Å². The predicted molar refractivity (Wildman–Crippen MR) is 38.7 cm³/mol. The van der Waals surface area contributed by atoms with Gasteiger partial charge in [0.2, 0.25) is 0 Å². The second-order valence-corrected chi connectivity index (χ2v) is 11.7. The normalized spacial score (nSPS) is 11.0. The van der Waals surface area contributed by atoms with Gasteiger partial charge in [-0.05, 0) is 14.1 Å². The molecule has 0 atom stereocenters. The first kappa shape index (κ1) is 7.14. The molecule has 0 aromatic rings. The van der Waals surface area contributed by atoms with Crippen LogP contribution in [0.5, 0.6) is 0 Å². The smallest absolute Gasteiger partial charge is 0.257 e. The van der Waals surface area contributed by atoms with Gasteiger partial charge in [0.05, 0.1) is 0 Å². The van der Waals surface area contributed by atoms with Gasteiger partial charge in [0.1, 0.15) is 0 Å². The van der Waals surface area contributed by atoms with E-state index in [0.29, 0.717) is 0 Å². The molecular weight excluding hydrogens is 226 g/mol. The van der Waals surface area contributed by atoms with E-state index >= 15 is 0 Å². The number of rotatable bonds is 1. The Morgan fingerprint density at radius 2 is 1.50 bits per heavy atom. The van der Waals surface area contributed by atoms with Crippen LogP contribution < -0.4 is 0 Å². The Hall–Kier alpha value is 1.14. The Morgan fingerprint density at radius 3 is 1.50 bits per heavy atom. The number of nitrogens with zero attached hydrogens (tertiary/aromatic N) is 1. The van der Waals surface area contributed by atoms with Crippen molar-refractivity contribution in [1.29, 1.82) is 0 Å². The highest BCUT2D eigenvalue weighted by atomic mass is 79.9. The largest absolute Gasteiger partial charge is 0.315 e. The van der Waals surface area contributed by atoms with Gasteiger partial charge in [-0.2, -0.15) is 0 Å². The van der Waals surface area contributed by atoms with Crippen molar-refractivity contribution in [1.82, 2.24) is 4.57 Å². The quantitative estimate of drug-likeness (QED) is 0.483. The minimum atomic E-state index is -0.785. The van der Waals surface area contributed by atoms with Crippen molar-refractivity contribution in [2.24, 2.45) is 0 Å². The third kappa shape index (κ3) is 3.33. The van der Waals surface area contributed by atoms with Crippen LogP contribution in [0.2, 0.25) is 0 Å². The molecular formula is C2H7Br2NSi. The minimum absolute atomic E-state index is 0.785. The molecule has 0 rings (SSSR count). The first-order chi connectivity index (χ1) is 2.64. The molecule has 0 saturated carbocycles. The summed E-state index contributed by atoms with van der Waals surface area (Å²) >= 11 is 6.84. The van der Waals surface area contributed by atoms with Gasteiger partial charge in [-0.15, -0.1) is 0 Å². The highest BCUT2D eigenvalue weighted by Gasteiger charge is 1.99. The third-order valence-corrected chi connectivity index (χ3v) is 6.09. The van der Waals surface area contributed by atoms with Gasteiger partial charge in [0.25, 0.3) is 6.20 Å². The molecule has 38 valence electrons. The lowest BCUT2D eigenvalue weighted by molar-refractivity contribution is 0.672. The van der Waals surface area contributed by atoms with Gasteiger partial charge >= 0.3 is 0 Å². The van der Waals surface area contributed by atoms with Crippen LogP contribution in [-0.2, 0) is 0 Å². The van der Waals surface area contributed by atoms with Crippen molar-refractivity contribution in [3.05, 3.63) is 0 Å². The summed E-state index contributed by atoms with van der Waals surface area (Å²) in [5, 5.41) is 0. The second kappa shape index (κ2) is 3.18. The van der Waals surface area contributed by atoms with Crippen molar-refractivity contribution in [3.63, 3.8) is 0 Å². The minimum Gasteiger partial charge on any atom is -0.315 e. The van der Waals surface area contributed by atoms with Crippen LogP contribution in [0.25, 0.3) is 0 Å². The van der Waals surface area contributed by atoms with E-state index < -0.39 is 6.20 Å². The number of hydrogen-bond donors (Lipinski definition) is 0. The average Bonchev–Trinajstić information content (AvgIpc) is 1.36. The summed E-state index contributed by atoms with van der Waals surface area (Å²) in [6.07, 6.45) is -0.785. The van der Waals surface area contributed by atoms with Crippen LogP contribution in [0.3, 0.4) is 0 Å². The fraction of sp³-hybridized carbons (Fsp3) is 1.00. The van der Waals surface area contributed by atoms with Gasteiger partial charge in [0, 0.05) is 0 Å². The lowest BCUT2D eigenvalue weighted by Crippen LogP contribution is -2.19. The summed E-state index contributed by atoms with van der Waals surface area (Å²) < 4.78 is 2.14. The number of hydrogen-bond acceptors (Lipinski definition) is 1. The van der Waals surface area contributed by atoms with Gasteiger partial charge in [0.15, 0.2) is 0 Å². The van der Waals surface area contributed by atoms with Crippen LogP contribution >= 0.6 is 30.6 Å². The number of halogens is 2. The molecule has 4 heteroatoms. The topological polar surface area (TPSA) is 3.24 Å². The Kier molecular flexibility index (Phi) is 3.78. The lowest BCUT2D eigenvalue weighted by Gasteiger charge is -2.06. The zero-order valence-electron chi connectivity index (χ0n) is 3.78. The molecule has 0 amide bonds. The summed E-state index contributed by atoms with van der Waals surface area (Å²) in [5.41, 5.74) is 0. The molecule has 1 nitrogen and oxygen atoms in total. The zero-order chi connectivity index (χ0) is 5.15. The molecule has 0 unspecified atom stereocenters. The van der Waals surface area contributed by atoms with E-state index in [4.69, 9.17) is 0 Å². The van der Waals surface area contributed by atoms with Crippen LogP contribution in [0.1, 0.15) is 0 Å². The molecule has 0 aliphatic carbocycles. The van der Waals surface area contributed by atoms with Crippen molar-refractivity contribution in [3.8, 4) is 0 Å². The van der Waals surface area contributed by atoms with E-state index in [9.17, 15) is 0 Å². The summed E-state index contributed by atoms with van der Waals surface area (Å²) in [6.45, 7) is 0. The SMILES string of the molecule is CN(C)[SiH](Br)Br. The van der Waals surface area contributed by atoms with Gasteiger partial charge in [-0.3, -0.25) is 0 Å². The van der Waals surface area contributed by atoms with Crippen molar-refractivity contribution >= 4 is 36.8 Å². The molecule has 0 saturated heterocycles. The Balaban J connectivity index is 2.99.